The monoisotopic (exact) mass is 492 g/mol. The van der Waals surface area contributed by atoms with Crippen LogP contribution in [0.2, 0.25) is 0 Å². The molecule has 35 heavy (non-hydrogen) atoms. The topological polar surface area (TPSA) is 111 Å². The fourth-order valence-corrected chi connectivity index (χ4v) is 4.17. The summed E-state index contributed by atoms with van der Waals surface area (Å²) in [6.45, 7) is 3.68. The lowest BCUT2D eigenvalue weighted by Gasteiger charge is -2.39. The largest absolute Gasteiger partial charge is 0.451 e. The van der Waals surface area contributed by atoms with Crippen molar-refractivity contribution in [1.29, 1.82) is 0 Å². The molecule has 1 atom stereocenters. The summed E-state index contributed by atoms with van der Waals surface area (Å²) in [5.41, 5.74) is 2.00. The lowest BCUT2D eigenvalue weighted by Crippen LogP contribution is -2.56. The lowest BCUT2D eigenvalue weighted by atomic mass is 10.00. The number of nitrogens with one attached hydrogen (secondary N) is 2. The van der Waals surface area contributed by atoms with Crippen molar-refractivity contribution < 1.29 is 27.9 Å². The van der Waals surface area contributed by atoms with Gasteiger partial charge in [0.05, 0.1) is 12.1 Å². The van der Waals surface area contributed by atoms with Gasteiger partial charge in [0, 0.05) is 52.3 Å². The highest BCUT2D eigenvalue weighted by atomic mass is 19.4. The summed E-state index contributed by atoms with van der Waals surface area (Å²) in [6.07, 6.45) is -4.89. The number of alkyl halides is 3. The number of likely N-dealkylation sites (tertiary alicyclic amines) is 1. The minimum absolute atomic E-state index is 0.130. The second kappa shape index (κ2) is 10.2. The van der Waals surface area contributed by atoms with E-state index in [2.05, 4.69) is 31.6 Å². The number of aromatic nitrogens is 2. The van der Waals surface area contributed by atoms with E-state index in [-0.39, 0.29) is 24.3 Å². The zero-order valence-corrected chi connectivity index (χ0v) is 19.2. The number of β-amino-alcohol motifs (C(OH)–C–C–N with tert-alkyl or cyclic N) is 1. The molecule has 188 valence electrons. The number of anilines is 1. The second-order valence-corrected chi connectivity index (χ2v) is 8.84. The second-order valence-electron chi connectivity index (χ2n) is 8.84. The Balaban J connectivity index is 1.35. The van der Waals surface area contributed by atoms with Crippen molar-refractivity contribution in [2.45, 2.75) is 38.2 Å². The summed E-state index contributed by atoms with van der Waals surface area (Å²) in [5, 5.41) is 15.7. The fourth-order valence-electron chi connectivity index (χ4n) is 4.17. The molecule has 0 saturated carbocycles. The van der Waals surface area contributed by atoms with E-state index in [1.54, 1.807) is 0 Å². The lowest BCUT2D eigenvalue weighted by molar-refractivity contribution is -0.144. The highest BCUT2D eigenvalue weighted by Crippen LogP contribution is 2.28. The molecule has 2 aliphatic heterocycles. The third-order valence-corrected chi connectivity index (χ3v) is 6.07. The number of carbonyl (C=O) groups is 2. The van der Waals surface area contributed by atoms with Gasteiger partial charge in [-0.3, -0.25) is 14.5 Å². The quantitative estimate of drug-likeness (QED) is 0.534. The average Bonchev–Trinajstić information content (AvgIpc) is 2.78. The third-order valence-electron chi connectivity index (χ3n) is 6.07. The number of rotatable bonds is 7. The van der Waals surface area contributed by atoms with E-state index in [0.717, 1.165) is 19.0 Å². The number of halogens is 3. The van der Waals surface area contributed by atoms with Crippen molar-refractivity contribution in [3.8, 4) is 0 Å². The van der Waals surface area contributed by atoms with Crippen molar-refractivity contribution >= 4 is 17.6 Å². The number of benzene rings is 1. The number of aliphatic hydroxyl groups excluding tert-OH is 1. The molecule has 3 N–H and O–H groups in total. The van der Waals surface area contributed by atoms with Gasteiger partial charge in [0.25, 0.3) is 5.91 Å². The Morgan fingerprint density at radius 3 is 2.60 bits per heavy atom. The zero-order valence-electron chi connectivity index (χ0n) is 19.2. The van der Waals surface area contributed by atoms with E-state index in [4.69, 9.17) is 0 Å². The first kappa shape index (κ1) is 24.9. The van der Waals surface area contributed by atoms with Gasteiger partial charge in [-0.15, -0.1) is 0 Å². The van der Waals surface area contributed by atoms with E-state index >= 15 is 0 Å². The van der Waals surface area contributed by atoms with E-state index in [1.165, 1.54) is 23.0 Å². The Labute approximate surface area is 200 Å². The van der Waals surface area contributed by atoms with Crippen molar-refractivity contribution in [1.82, 2.24) is 25.1 Å². The first-order chi connectivity index (χ1) is 16.6. The highest BCUT2D eigenvalue weighted by molar-refractivity contribution is 5.93. The van der Waals surface area contributed by atoms with Gasteiger partial charge in [-0.2, -0.15) is 13.2 Å². The molecule has 0 spiro atoms. The summed E-state index contributed by atoms with van der Waals surface area (Å²) >= 11 is 0. The van der Waals surface area contributed by atoms with Gasteiger partial charge in [0.2, 0.25) is 11.7 Å². The minimum atomic E-state index is -4.85. The molecular formula is C23H27F3N6O3. The van der Waals surface area contributed by atoms with Crippen LogP contribution in [0.3, 0.4) is 0 Å². The van der Waals surface area contributed by atoms with Crippen LogP contribution in [0.1, 0.15) is 34.4 Å². The molecule has 1 fully saturated rings. The molecule has 0 radical (unpaired) electrons. The van der Waals surface area contributed by atoms with E-state index < -0.39 is 29.7 Å². The Morgan fingerprint density at radius 1 is 1.20 bits per heavy atom. The van der Waals surface area contributed by atoms with Crippen LogP contribution in [0, 0.1) is 0 Å². The van der Waals surface area contributed by atoms with E-state index in [0.29, 0.717) is 26.2 Å². The van der Waals surface area contributed by atoms with Gasteiger partial charge in [-0.1, -0.05) is 24.3 Å². The molecule has 1 unspecified atom stereocenters. The Bertz CT molecular complexity index is 1090. The maximum Gasteiger partial charge on any atom is 0.451 e. The van der Waals surface area contributed by atoms with Gasteiger partial charge >= 0.3 is 6.18 Å². The number of amides is 2. The third kappa shape index (κ3) is 6.25. The van der Waals surface area contributed by atoms with Crippen LogP contribution in [-0.2, 0) is 23.9 Å². The number of carbonyl (C=O) groups excluding carboxylic acids is 2. The van der Waals surface area contributed by atoms with Gasteiger partial charge in [0.15, 0.2) is 0 Å². The minimum Gasteiger partial charge on any atom is -0.390 e. The van der Waals surface area contributed by atoms with Crippen LogP contribution < -0.4 is 10.6 Å². The summed E-state index contributed by atoms with van der Waals surface area (Å²) < 4.78 is 39.9. The summed E-state index contributed by atoms with van der Waals surface area (Å²) in [6, 6.07) is 8.92. The fraction of sp³-hybridized carbons (Fsp3) is 0.478. The average molecular weight is 493 g/mol. The number of hydrogen-bond acceptors (Lipinski definition) is 7. The van der Waals surface area contributed by atoms with E-state index in [9.17, 15) is 27.9 Å². The molecule has 2 aliphatic rings. The smallest absolute Gasteiger partial charge is 0.390 e. The Kier molecular flexibility index (Phi) is 7.22. The van der Waals surface area contributed by atoms with Crippen LogP contribution >= 0.6 is 0 Å². The molecule has 9 nitrogen and oxygen atoms in total. The van der Waals surface area contributed by atoms with Crippen molar-refractivity contribution in [3.05, 3.63) is 53.0 Å². The summed E-state index contributed by atoms with van der Waals surface area (Å²) in [5.74, 6) is -2.57. The van der Waals surface area contributed by atoms with Gasteiger partial charge in [-0.25, -0.2) is 9.97 Å². The van der Waals surface area contributed by atoms with Crippen molar-refractivity contribution in [2.75, 3.05) is 38.0 Å². The summed E-state index contributed by atoms with van der Waals surface area (Å²) in [7, 11) is 0. The Hall–Kier alpha value is -3.25. The first-order valence-electron chi connectivity index (χ1n) is 11.3. The van der Waals surface area contributed by atoms with E-state index in [1.807, 2.05) is 18.2 Å². The number of hydrogen-bond donors (Lipinski definition) is 3. The van der Waals surface area contributed by atoms with Crippen molar-refractivity contribution in [2.24, 2.45) is 0 Å². The molecule has 12 heteroatoms. The van der Waals surface area contributed by atoms with Crippen LogP contribution in [0.15, 0.2) is 30.3 Å². The molecule has 3 heterocycles. The van der Waals surface area contributed by atoms with Gasteiger partial charge in [-0.05, 0) is 17.5 Å². The van der Waals surface area contributed by atoms with Gasteiger partial charge in [0.1, 0.15) is 11.5 Å². The van der Waals surface area contributed by atoms with Crippen LogP contribution in [0.25, 0.3) is 0 Å². The Morgan fingerprint density at radius 2 is 1.91 bits per heavy atom. The first-order valence-corrected chi connectivity index (χ1v) is 11.3. The standard InChI is InChI=1S/C23H27F3N6O3/c1-14(33)32-11-17(12-32)28-20-8-19(29-22(30-20)23(24,25)26)21(35)27-9-18(34)13-31-7-6-15-4-2-3-5-16(15)10-31/h2-5,8,17-18,34H,6-7,9-13H2,1H3,(H,27,35)(H,28,29,30). The molecule has 0 bridgehead atoms. The van der Waals surface area contributed by atoms with Crippen LogP contribution in [-0.4, -0.2) is 81.6 Å². The number of fused-ring (bicyclic) bond motifs is 1. The molecule has 1 aromatic carbocycles. The van der Waals surface area contributed by atoms with Crippen molar-refractivity contribution in [3.63, 3.8) is 0 Å². The van der Waals surface area contributed by atoms with Crippen LogP contribution in [0.4, 0.5) is 19.0 Å². The molecule has 0 aliphatic carbocycles. The maximum atomic E-state index is 13.3. The predicted octanol–water partition coefficient (Wildman–Crippen LogP) is 1.29. The SMILES string of the molecule is CC(=O)N1CC(Nc2cc(C(=O)NCC(O)CN3CCc4ccccc4C3)nc(C(F)(F)F)n2)C1. The molecule has 4 rings (SSSR count). The molecule has 1 aromatic heterocycles. The normalized spacial score (nSPS) is 17.3. The predicted molar refractivity (Wildman–Crippen MR) is 120 cm³/mol. The zero-order chi connectivity index (χ0) is 25.2. The summed E-state index contributed by atoms with van der Waals surface area (Å²) in [4.78, 5) is 34.3. The van der Waals surface area contributed by atoms with Crippen LogP contribution in [0.5, 0.6) is 0 Å². The highest BCUT2D eigenvalue weighted by Gasteiger charge is 2.37. The molecular weight excluding hydrogens is 465 g/mol. The maximum absolute atomic E-state index is 13.3. The number of nitrogens with zero attached hydrogens (tertiary/aromatic N) is 4. The molecule has 2 amide bonds. The molecule has 1 saturated heterocycles. The molecule has 2 aromatic rings. The number of aliphatic hydroxyl groups is 1. The van der Waals surface area contributed by atoms with Gasteiger partial charge < -0.3 is 20.6 Å².